The summed E-state index contributed by atoms with van der Waals surface area (Å²) in [6.45, 7) is 2.07. The van der Waals surface area contributed by atoms with Gasteiger partial charge in [0.05, 0.1) is 17.2 Å². The van der Waals surface area contributed by atoms with Crippen LogP contribution in [0.3, 0.4) is 0 Å². The number of carboxylic acids is 1. The van der Waals surface area contributed by atoms with Crippen LogP contribution in [0.25, 0.3) is 11.1 Å². The Hall–Kier alpha value is -4.89. The first-order valence-corrected chi connectivity index (χ1v) is 12.6. The number of carbonyl (C=O) groups is 2. The van der Waals surface area contributed by atoms with Crippen LogP contribution in [-0.2, 0) is 19.5 Å². The Balaban J connectivity index is 1.26. The van der Waals surface area contributed by atoms with Crippen LogP contribution in [0.15, 0.2) is 91.0 Å². The fourth-order valence-electron chi connectivity index (χ4n) is 4.89. The summed E-state index contributed by atoms with van der Waals surface area (Å²) < 4.78 is 0. The summed E-state index contributed by atoms with van der Waals surface area (Å²) in [6, 6.07) is 30.3. The molecule has 4 aromatic rings. The minimum absolute atomic E-state index is 0.119. The number of rotatable bonds is 7. The molecule has 1 heterocycles. The third-order valence-electron chi connectivity index (χ3n) is 6.89. The molecule has 0 radical (unpaired) electrons. The number of hydrogen-bond donors (Lipinski definition) is 2. The van der Waals surface area contributed by atoms with Gasteiger partial charge in [-0.3, -0.25) is 4.79 Å². The molecule has 6 nitrogen and oxygen atoms in total. The topological polar surface area (TPSA) is 93.4 Å². The standard InChI is InChI=1S/C32H27N3O3/c33-19-22-7-9-23(10-8-22)20-34-31(36)27-15-16-30-26(18-27)4-3-17-35(30)21-24-11-13-25(14-12-24)28-5-1-2-6-29(28)32(37)38/h1-2,5-16,18H,3-4,17,20-21H2,(H,34,36)(H,37,38). The van der Waals surface area contributed by atoms with Crippen molar-refractivity contribution in [3.05, 3.63) is 124 Å². The van der Waals surface area contributed by atoms with Crippen LogP contribution in [0.4, 0.5) is 5.69 Å². The molecule has 0 saturated carbocycles. The van der Waals surface area contributed by atoms with Crippen molar-refractivity contribution in [3.8, 4) is 17.2 Å². The second-order valence-corrected chi connectivity index (χ2v) is 9.41. The van der Waals surface area contributed by atoms with Gasteiger partial charge in [-0.2, -0.15) is 5.26 Å². The maximum atomic E-state index is 12.8. The molecule has 0 fully saturated rings. The van der Waals surface area contributed by atoms with E-state index in [-0.39, 0.29) is 5.91 Å². The first-order chi connectivity index (χ1) is 18.5. The van der Waals surface area contributed by atoms with Crippen molar-refractivity contribution in [2.75, 3.05) is 11.4 Å². The van der Waals surface area contributed by atoms with E-state index in [1.165, 1.54) is 0 Å². The first kappa shape index (κ1) is 24.8. The number of anilines is 1. The van der Waals surface area contributed by atoms with E-state index in [1.807, 2.05) is 66.7 Å². The molecule has 5 rings (SSSR count). The normalized spacial score (nSPS) is 12.3. The Kier molecular flexibility index (Phi) is 7.19. The summed E-state index contributed by atoms with van der Waals surface area (Å²) in [5.74, 6) is -1.05. The number of nitriles is 1. The molecule has 188 valence electrons. The molecule has 0 spiro atoms. The summed E-state index contributed by atoms with van der Waals surface area (Å²) in [6.07, 6.45) is 1.93. The van der Waals surface area contributed by atoms with Crippen molar-refractivity contribution in [2.45, 2.75) is 25.9 Å². The second-order valence-electron chi connectivity index (χ2n) is 9.41. The number of carboxylic acid groups (broad SMARTS) is 1. The maximum absolute atomic E-state index is 12.8. The molecule has 0 atom stereocenters. The lowest BCUT2D eigenvalue weighted by molar-refractivity contribution is 0.0697. The molecule has 1 aliphatic rings. The number of benzene rings is 4. The van der Waals surface area contributed by atoms with Gasteiger partial charge in [-0.25, -0.2) is 4.79 Å². The maximum Gasteiger partial charge on any atom is 0.336 e. The zero-order valence-electron chi connectivity index (χ0n) is 20.9. The van der Waals surface area contributed by atoms with Gasteiger partial charge in [-0.15, -0.1) is 0 Å². The summed E-state index contributed by atoms with van der Waals surface area (Å²) in [5, 5.41) is 21.4. The lowest BCUT2D eigenvalue weighted by atomic mass is 9.97. The lowest BCUT2D eigenvalue weighted by Crippen LogP contribution is -2.29. The molecular formula is C32H27N3O3. The van der Waals surface area contributed by atoms with Crippen LogP contribution in [0, 0.1) is 11.3 Å². The quantitative estimate of drug-likeness (QED) is 0.334. The zero-order chi connectivity index (χ0) is 26.5. The predicted molar refractivity (Wildman–Crippen MR) is 147 cm³/mol. The smallest absolute Gasteiger partial charge is 0.336 e. The fraction of sp³-hybridized carbons (Fsp3) is 0.156. The van der Waals surface area contributed by atoms with Gasteiger partial charge in [0.25, 0.3) is 5.91 Å². The summed E-state index contributed by atoms with van der Waals surface area (Å²) >= 11 is 0. The summed E-state index contributed by atoms with van der Waals surface area (Å²) in [7, 11) is 0. The minimum Gasteiger partial charge on any atom is -0.478 e. The van der Waals surface area contributed by atoms with Crippen LogP contribution < -0.4 is 10.2 Å². The van der Waals surface area contributed by atoms with Crippen molar-refractivity contribution in [3.63, 3.8) is 0 Å². The van der Waals surface area contributed by atoms with E-state index in [0.29, 0.717) is 28.8 Å². The minimum atomic E-state index is -0.933. The van der Waals surface area contributed by atoms with Gasteiger partial charge in [-0.05, 0) is 77.1 Å². The first-order valence-electron chi connectivity index (χ1n) is 12.6. The SMILES string of the molecule is N#Cc1ccc(CNC(=O)c2ccc3c(c2)CCCN3Cc2ccc(-c3ccccc3C(=O)O)cc2)cc1. The van der Waals surface area contributed by atoms with Crippen LogP contribution >= 0.6 is 0 Å². The van der Waals surface area contributed by atoms with E-state index < -0.39 is 5.97 Å². The molecule has 4 aromatic carbocycles. The van der Waals surface area contributed by atoms with Gasteiger partial charge in [0.1, 0.15) is 0 Å². The molecule has 0 aliphatic carbocycles. The number of fused-ring (bicyclic) bond motifs is 1. The van der Waals surface area contributed by atoms with Gasteiger partial charge in [0.15, 0.2) is 0 Å². The number of hydrogen-bond acceptors (Lipinski definition) is 4. The Morgan fingerprint density at radius 3 is 2.39 bits per heavy atom. The van der Waals surface area contributed by atoms with Crippen molar-refractivity contribution >= 4 is 17.6 Å². The predicted octanol–water partition coefficient (Wildman–Crippen LogP) is 5.81. The second kappa shape index (κ2) is 11.0. The number of aryl methyl sites for hydroxylation is 1. The Morgan fingerprint density at radius 2 is 1.66 bits per heavy atom. The third kappa shape index (κ3) is 5.42. The molecule has 0 bridgehead atoms. The zero-order valence-corrected chi connectivity index (χ0v) is 20.9. The van der Waals surface area contributed by atoms with Crippen molar-refractivity contribution in [1.82, 2.24) is 5.32 Å². The molecule has 38 heavy (non-hydrogen) atoms. The molecular weight excluding hydrogens is 474 g/mol. The molecule has 0 aromatic heterocycles. The van der Waals surface area contributed by atoms with E-state index in [1.54, 1.807) is 24.3 Å². The lowest BCUT2D eigenvalue weighted by Gasteiger charge is -2.31. The van der Waals surface area contributed by atoms with Crippen molar-refractivity contribution in [1.29, 1.82) is 5.26 Å². The van der Waals surface area contributed by atoms with Crippen LogP contribution in [0.2, 0.25) is 0 Å². The van der Waals surface area contributed by atoms with Crippen LogP contribution in [-0.4, -0.2) is 23.5 Å². The van der Waals surface area contributed by atoms with E-state index in [2.05, 4.69) is 16.3 Å². The monoisotopic (exact) mass is 501 g/mol. The fourth-order valence-corrected chi connectivity index (χ4v) is 4.89. The molecule has 0 saturated heterocycles. The number of carbonyl (C=O) groups excluding carboxylic acids is 1. The van der Waals surface area contributed by atoms with E-state index in [4.69, 9.17) is 5.26 Å². The number of nitrogens with one attached hydrogen (secondary N) is 1. The van der Waals surface area contributed by atoms with E-state index >= 15 is 0 Å². The Bertz CT molecular complexity index is 1520. The van der Waals surface area contributed by atoms with Gasteiger partial charge in [0.2, 0.25) is 0 Å². The van der Waals surface area contributed by atoms with Gasteiger partial charge < -0.3 is 15.3 Å². The molecule has 0 unspecified atom stereocenters. The Morgan fingerprint density at radius 1 is 0.921 bits per heavy atom. The average molecular weight is 502 g/mol. The van der Waals surface area contributed by atoms with Gasteiger partial charge >= 0.3 is 5.97 Å². The van der Waals surface area contributed by atoms with Gasteiger partial charge in [0, 0.05) is 30.9 Å². The highest BCUT2D eigenvalue weighted by Crippen LogP contribution is 2.30. The molecule has 6 heteroatoms. The number of nitrogens with zero attached hydrogens (tertiary/aromatic N) is 2. The highest BCUT2D eigenvalue weighted by atomic mass is 16.4. The van der Waals surface area contributed by atoms with Crippen LogP contribution in [0.5, 0.6) is 0 Å². The van der Waals surface area contributed by atoms with Gasteiger partial charge in [-0.1, -0.05) is 54.6 Å². The summed E-state index contributed by atoms with van der Waals surface area (Å²) in [4.78, 5) is 26.7. The number of amides is 1. The van der Waals surface area contributed by atoms with Crippen LogP contribution in [0.1, 0.15) is 49.4 Å². The van der Waals surface area contributed by atoms with Crippen molar-refractivity contribution in [2.24, 2.45) is 0 Å². The molecule has 1 amide bonds. The average Bonchev–Trinajstić information content (AvgIpc) is 2.96. The highest BCUT2D eigenvalue weighted by molar-refractivity contribution is 5.96. The van der Waals surface area contributed by atoms with Crippen molar-refractivity contribution < 1.29 is 14.7 Å². The molecule has 1 aliphatic heterocycles. The Labute approximate surface area is 221 Å². The number of aromatic carboxylic acids is 1. The highest BCUT2D eigenvalue weighted by Gasteiger charge is 2.19. The summed E-state index contributed by atoms with van der Waals surface area (Å²) in [5.41, 5.74) is 7.50. The largest absolute Gasteiger partial charge is 0.478 e. The van der Waals surface area contributed by atoms with E-state index in [0.717, 1.165) is 53.9 Å². The third-order valence-corrected chi connectivity index (χ3v) is 6.89. The molecule has 2 N–H and O–H groups in total. The van der Waals surface area contributed by atoms with E-state index in [9.17, 15) is 14.7 Å².